The van der Waals surface area contributed by atoms with Crippen LogP contribution in [0.3, 0.4) is 0 Å². The third-order valence-electron chi connectivity index (χ3n) is 3.83. The molecule has 1 aromatic rings. The fourth-order valence-electron chi connectivity index (χ4n) is 2.50. The summed E-state index contributed by atoms with van der Waals surface area (Å²) < 4.78 is 5.15. The van der Waals surface area contributed by atoms with Crippen molar-refractivity contribution in [3.05, 3.63) is 48.1 Å². The topological polar surface area (TPSA) is 32.7 Å². The van der Waals surface area contributed by atoms with Gasteiger partial charge in [-0.05, 0) is 44.3 Å². The Kier molecular flexibility index (Phi) is 6.19. The van der Waals surface area contributed by atoms with Crippen LogP contribution >= 0.6 is 0 Å². The molecule has 1 rings (SSSR count). The van der Waals surface area contributed by atoms with Gasteiger partial charge in [-0.15, -0.1) is 0 Å². The summed E-state index contributed by atoms with van der Waals surface area (Å²) >= 11 is 0. The molecule has 0 fully saturated rings. The molecule has 0 aliphatic carbocycles. The molecular formula is C18H27NO2. The predicted octanol–water partition coefficient (Wildman–Crippen LogP) is 3.21. The minimum Gasteiger partial charge on any atom is -0.497 e. The van der Waals surface area contributed by atoms with Crippen LogP contribution in [0.1, 0.15) is 19.4 Å². The highest BCUT2D eigenvalue weighted by atomic mass is 16.5. The molecule has 1 aromatic carbocycles. The lowest BCUT2D eigenvalue weighted by Crippen LogP contribution is -2.40. The van der Waals surface area contributed by atoms with E-state index in [1.165, 1.54) is 0 Å². The van der Waals surface area contributed by atoms with Gasteiger partial charge in [0.1, 0.15) is 11.4 Å². The first-order valence-corrected chi connectivity index (χ1v) is 7.17. The Bertz CT molecular complexity index is 490. The monoisotopic (exact) mass is 289 g/mol. The summed E-state index contributed by atoms with van der Waals surface area (Å²) in [7, 11) is 5.65. The van der Waals surface area contributed by atoms with Crippen LogP contribution in [0.15, 0.2) is 42.5 Å². The smallest absolute Gasteiger partial charge is 0.118 e. The number of ether oxygens (including phenoxy) is 1. The predicted molar refractivity (Wildman–Crippen MR) is 89.5 cm³/mol. The molecule has 116 valence electrons. The number of nitrogens with zero attached hydrogens (tertiary/aromatic N) is 1. The van der Waals surface area contributed by atoms with Crippen molar-refractivity contribution in [2.75, 3.05) is 27.7 Å². The molecule has 3 nitrogen and oxygen atoms in total. The number of hydrogen-bond acceptors (Lipinski definition) is 3. The minimum absolute atomic E-state index is 0.0551. The number of methoxy groups -OCH3 is 1. The Balaban J connectivity index is 3.02. The Hall–Kier alpha value is -1.58. The van der Waals surface area contributed by atoms with Crippen LogP contribution in [-0.2, 0) is 0 Å². The molecule has 1 N–H and O–H groups in total. The second-order valence-electron chi connectivity index (χ2n) is 5.79. The molecule has 0 aliphatic rings. The molecule has 0 radical (unpaired) electrons. The molecule has 3 heteroatoms. The van der Waals surface area contributed by atoms with Gasteiger partial charge in [-0.1, -0.05) is 37.8 Å². The second-order valence-corrected chi connectivity index (χ2v) is 5.79. The van der Waals surface area contributed by atoms with Gasteiger partial charge in [-0.2, -0.15) is 0 Å². The van der Waals surface area contributed by atoms with Gasteiger partial charge in [0.2, 0.25) is 0 Å². The molecule has 21 heavy (non-hydrogen) atoms. The van der Waals surface area contributed by atoms with Gasteiger partial charge in [0.15, 0.2) is 0 Å². The van der Waals surface area contributed by atoms with Crippen LogP contribution in [-0.4, -0.2) is 43.4 Å². The summed E-state index contributed by atoms with van der Waals surface area (Å²) in [6.07, 6.45) is 3.63. The maximum absolute atomic E-state index is 10.9. The zero-order valence-corrected chi connectivity index (χ0v) is 13.8. The van der Waals surface area contributed by atoms with Crippen LogP contribution in [0.4, 0.5) is 0 Å². The van der Waals surface area contributed by atoms with Gasteiger partial charge in [0.25, 0.3) is 0 Å². The van der Waals surface area contributed by atoms with E-state index in [0.29, 0.717) is 0 Å². The summed E-state index contributed by atoms with van der Waals surface area (Å²) in [4.78, 5) is 2.07. The molecule has 0 aliphatic heterocycles. The third kappa shape index (κ3) is 4.45. The van der Waals surface area contributed by atoms with Crippen LogP contribution in [0.2, 0.25) is 0 Å². The zero-order valence-electron chi connectivity index (χ0n) is 13.8. The zero-order chi connectivity index (χ0) is 16.0. The van der Waals surface area contributed by atoms with E-state index in [4.69, 9.17) is 4.74 Å². The van der Waals surface area contributed by atoms with Crippen molar-refractivity contribution < 1.29 is 9.84 Å². The van der Waals surface area contributed by atoms with E-state index in [2.05, 4.69) is 11.5 Å². The van der Waals surface area contributed by atoms with E-state index >= 15 is 0 Å². The highest BCUT2D eigenvalue weighted by molar-refractivity contribution is 5.56. The molecule has 0 saturated carbocycles. The molecule has 0 heterocycles. The van der Waals surface area contributed by atoms with E-state index < -0.39 is 5.60 Å². The third-order valence-corrected chi connectivity index (χ3v) is 3.83. The Morgan fingerprint density at radius 1 is 1.38 bits per heavy atom. The van der Waals surface area contributed by atoms with Crippen molar-refractivity contribution in [3.8, 4) is 5.75 Å². The van der Waals surface area contributed by atoms with E-state index in [1.807, 2.05) is 58.3 Å². The molecule has 2 unspecified atom stereocenters. The van der Waals surface area contributed by atoms with Crippen LogP contribution < -0.4 is 4.74 Å². The first kappa shape index (κ1) is 17.5. The molecule has 0 spiro atoms. The van der Waals surface area contributed by atoms with Gasteiger partial charge in [-0.25, -0.2) is 0 Å². The van der Waals surface area contributed by atoms with Crippen molar-refractivity contribution in [1.82, 2.24) is 4.90 Å². The number of benzene rings is 1. The lowest BCUT2D eigenvalue weighted by Gasteiger charge is -2.34. The van der Waals surface area contributed by atoms with Gasteiger partial charge < -0.3 is 14.7 Å². The largest absolute Gasteiger partial charge is 0.497 e. The van der Waals surface area contributed by atoms with Crippen LogP contribution in [0.25, 0.3) is 6.08 Å². The lowest BCUT2D eigenvalue weighted by molar-refractivity contribution is 0.0596. The van der Waals surface area contributed by atoms with Crippen LogP contribution in [0.5, 0.6) is 5.75 Å². The van der Waals surface area contributed by atoms with Gasteiger partial charge >= 0.3 is 0 Å². The first-order chi connectivity index (χ1) is 9.83. The highest BCUT2D eigenvalue weighted by Crippen LogP contribution is 2.29. The van der Waals surface area contributed by atoms with E-state index in [0.717, 1.165) is 23.4 Å². The molecule has 0 bridgehead atoms. The molecule has 0 aromatic heterocycles. The quantitative estimate of drug-likeness (QED) is 0.782. The first-order valence-electron chi connectivity index (χ1n) is 7.17. The summed E-state index contributed by atoms with van der Waals surface area (Å²) in [5.41, 5.74) is 0.909. The van der Waals surface area contributed by atoms with Crippen molar-refractivity contribution >= 4 is 6.08 Å². The molecular weight excluding hydrogens is 262 g/mol. The second kappa shape index (κ2) is 7.43. The summed E-state index contributed by atoms with van der Waals surface area (Å²) in [6, 6.07) is 7.77. The van der Waals surface area contributed by atoms with Crippen LogP contribution in [0, 0.1) is 5.92 Å². The van der Waals surface area contributed by atoms with Crippen molar-refractivity contribution in [2.24, 2.45) is 5.92 Å². The highest BCUT2D eigenvalue weighted by Gasteiger charge is 2.32. The van der Waals surface area contributed by atoms with Gasteiger partial charge in [0, 0.05) is 12.5 Å². The van der Waals surface area contributed by atoms with Crippen molar-refractivity contribution in [2.45, 2.75) is 19.4 Å². The summed E-state index contributed by atoms with van der Waals surface area (Å²) in [5, 5.41) is 10.9. The Morgan fingerprint density at radius 2 is 1.95 bits per heavy atom. The summed E-state index contributed by atoms with van der Waals surface area (Å²) in [6.45, 7) is 8.59. The number of hydrogen-bond donors (Lipinski definition) is 1. The standard InChI is InChI=1S/C18H27NO2/c1-7-18(20,15(3)13-19(4)5)14(2)12-16-8-10-17(21-6)11-9-16/h7-12,15,20H,1,13H2,2-6H3. The maximum Gasteiger partial charge on any atom is 0.118 e. The minimum atomic E-state index is -1.01. The Morgan fingerprint density at radius 3 is 2.38 bits per heavy atom. The maximum atomic E-state index is 10.9. The molecule has 2 atom stereocenters. The number of aliphatic hydroxyl groups is 1. The fraction of sp³-hybridized carbons (Fsp3) is 0.444. The van der Waals surface area contributed by atoms with E-state index in [9.17, 15) is 5.11 Å². The van der Waals surface area contributed by atoms with Crippen molar-refractivity contribution in [3.63, 3.8) is 0 Å². The SMILES string of the molecule is C=CC(O)(C(C)=Cc1ccc(OC)cc1)C(C)CN(C)C. The van der Waals surface area contributed by atoms with Gasteiger partial charge in [0.05, 0.1) is 7.11 Å². The average Bonchev–Trinajstić information content (AvgIpc) is 2.46. The van der Waals surface area contributed by atoms with Gasteiger partial charge in [-0.3, -0.25) is 0 Å². The van der Waals surface area contributed by atoms with E-state index in [-0.39, 0.29) is 5.92 Å². The Labute approximate surface area is 128 Å². The summed E-state index contributed by atoms with van der Waals surface area (Å²) in [5.74, 6) is 0.879. The van der Waals surface area contributed by atoms with E-state index in [1.54, 1.807) is 13.2 Å². The fourth-order valence-corrected chi connectivity index (χ4v) is 2.50. The average molecular weight is 289 g/mol. The lowest BCUT2D eigenvalue weighted by atomic mass is 9.81. The molecule has 0 saturated heterocycles. The number of rotatable bonds is 7. The normalized spacial score (nSPS) is 16.4. The molecule has 0 amide bonds. The van der Waals surface area contributed by atoms with Crippen molar-refractivity contribution in [1.29, 1.82) is 0 Å².